The van der Waals surface area contributed by atoms with Gasteiger partial charge in [-0.3, -0.25) is 4.90 Å². The number of piperazine rings is 1. The molecular formula is C24H30N6O. The van der Waals surface area contributed by atoms with E-state index in [9.17, 15) is 0 Å². The lowest BCUT2D eigenvalue weighted by molar-refractivity contribution is 0.197. The number of aromatic nitrogens is 4. The number of para-hydroxylation sites is 2. The van der Waals surface area contributed by atoms with E-state index in [0.29, 0.717) is 6.04 Å². The van der Waals surface area contributed by atoms with E-state index in [1.807, 2.05) is 12.1 Å². The second kappa shape index (κ2) is 9.06. The van der Waals surface area contributed by atoms with E-state index in [4.69, 9.17) is 4.74 Å². The summed E-state index contributed by atoms with van der Waals surface area (Å²) in [6.45, 7) is 3.76. The zero-order valence-electron chi connectivity index (χ0n) is 18.1. The first kappa shape index (κ1) is 20.0. The molecular weight excluding hydrogens is 388 g/mol. The highest BCUT2D eigenvalue weighted by Crippen LogP contribution is 2.35. The molecule has 1 atom stereocenters. The molecule has 3 aromatic rings. The van der Waals surface area contributed by atoms with Crippen LogP contribution in [0.15, 0.2) is 54.6 Å². The molecule has 0 bridgehead atoms. The standard InChI is InChI=1S/C24H30N6O/c1-31-22-14-8-7-13-21(22)28-15-17-29(18-16-28)23(19-9-3-2-4-10-19)24-25-26-27-30(24)20-11-5-6-12-20/h2-4,7-10,13-14,20,23H,5-6,11-12,15-18H2,1H3/t23-/m1/s1. The minimum Gasteiger partial charge on any atom is -0.495 e. The summed E-state index contributed by atoms with van der Waals surface area (Å²) in [5, 5.41) is 13.1. The van der Waals surface area contributed by atoms with Crippen LogP contribution in [0.3, 0.4) is 0 Å². The van der Waals surface area contributed by atoms with Crippen LogP contribution < -0.4 is 9.64 Å². The second-order valence-corrected chi connectivity index (χ2v) is 8.43. The van der Waals surface area contributed by atoms with Crippen molar-refractivity contribution in [1.82, 2.24) is 25.1 Å². The van der Waals surface area contributed by atoms with E-state index in [1.165, 1.54) is 31.2 Å². The molecule has 2 aromatic carbocycles. The molecule has 2 aliphatic rings. The Kier molecular flexibility index (Phi) is 5.84. The van der Waals surface area contributed by atoms with Gasteiger partial charge < -0.3 is 9.64 Å². The molecule has 0 amide bonds. The van der Waals surface area contributed by atoms with Gasteiger partial charge in [0.2, 0.25) is 0 Å². The maximum absolute atomic E-state index is 5.59. The highest BCUT2D eigenvalue weighted by atomic mass is 16.5. The number of hydrogen-bond donors (Lipinski definition) is 0. The van der Waals surface area contributed by atoms with Gasteiger partial charge in [0, 0.05) is 26.2 Å². The van der Waals surface area contributed by atoms with E-state index in [0.717, 1.165) is 43.4 Å². The van der Waals surface area contributed by atoms with Crippen LogP contribution in [0.25, 0.3) is 0 Å². The molecule has 1 aliphatic heterocycles. The van der Waals surface area contributed by atoms with Crippen LogP contribution >= 0.6 is 0 Å². The van der Waals surface area contributed by atoms with E-state index in [-0.39, 0.29) is 6.04 Å². The van der Waals surface area contributed by atoms with Gasteiger partial charge in [0.05, 0.1) is 24.9 Å². The Morgan fingerprint density at radius 1 is 0.903 bits per heavy atom. The maximum Gasteiger partial charge on any atom is 0.173 e. The van der Waals surface area contributed by atoms with Gasteiger partial charge >= 0.3 is 0 Å². The fourth-order valence-electron chi connectivity index (χ4n) is 5.06. The molecule has 0 spiro atoms. The topological polar surface area (TPSA) is 59.3 Å². The van der Waals surface area contributed by atoms with Crippen LogP contribution in [-0.4, -0.2) is 58.4 Å². The Hall–Kier alpha value is -2.93. The summed E-state index contributed by atoms with van der Waals surface area (Å²) in [6, 6.07) is 19.4. The van der Waals surface area contributed by atoms with Gasteiger partial charge in [0.1, 0.15) is 5.75 Å². The molecule has 31 heavy (non-hydrogen) atoms. The van der Waals surface area contributed by atoms with E-state index in [2.05, 4.69) is 72.5 Å². The lowest BCUT2D eigenvalue weighted by atomic mass is 10.0. The van der Waals surface area contributed by atoms with Crippen LogP contribution in [0, 0.1) is 0 Å². The van der Waals surface area contributed by atoms with Crippen molar-refractivity contribution in [3.05, 3.63) is 66.0 Å². The molecule has 2 heterocycles. The van der Waals surface area contributed by atoms with E-state index < -0.39 is 0 Å². The number of anilines is 1. The van der Waals surface area contributed by atoms with Crippen LogP contribution in [-0.2, 0) is 0 Å². The van der Waals surface area contributed by atoms with Crippen molar-refractivity contribution in [2.45, 2.75) is 37.8 Å². The third-order valence-electron chi connectivity index (χ3n) is 6.65. The fraction of sp³-hybridized carbons (Fsp3) is 0.458. The van der Waals surface area contributed by atoms with Crippen molar-refractivity contribution < 1.29 is 4.74 Å². The number of rotatable bonds is 6. The minimum absolute atomic E-state index is 0.0663. The normalized spacial score (nSPS) is 18.9. The van der Waals surface area contributed by atoms with Gasteiger partial charge in [-0.05, 0) is 41.0 Å². The Morgan fingerprint density at radius 3 is 2.35 bits per heavy atom. The summed E-state index contributed by atoms with van der Waals surface area (Å²) in [5.74, 6) is 1.91. The van der Waals surface area contributed by atoms with Crippen LogP contribution in [0.5, 0.6) is 5.75 Å². The number of benzene rings is 2. The number of hydrogen-bond acceptors (Lipinski definition) is 6. The SMILES string of the molecule is COc1ccccc1N1CCN([C@H](c2ccccc2)c2nnnn2C2CCCC2)CC1. The fourth-order valence-corrected chi connectivity index (χ4v) is 5.06. The lowest BCUT2D eigenvalue weighted by Crippen LogP contribution is -2.48. The van der Waals surface area contributed by atoms with Gasteiger partial charge in [-0.15, -0.1) is 5.10 Å². The van der Waals surface area contributed by atoms with Gasteiger partial charge in [-0.2, -0.15) is 0 Å². The molecule has 1 saturated heterocycles. The maximum atomic E-state index is 5.59. The third-order valence-corrected chi connectivity index (χ3v) is 6.65. The van der Waals surface area contributed by atoms with Crippen LogP contribution in [0.1, 0.15) is 49.2 Å². The van der Waals surface area contributed by atoms with Crippen molar-refractivity contribution in [3.8, 4) is 5.75 Å². The first-order valence-corrected chi connectivity index (χ1v) is 11.3. The summed E-state index contributed by atoms with van der Waals surface area (Å²) in [4.78, 5) is 4.94. The number of tetrazole rings is 1. The quantitative estimate of drug-likeness (QED) is 0.608. The highest BCUT2D eigenvalue weighted by Gasteiger charge is 2.33. The molecule has 7 nitrogen and oxygen atoms in total. The molecule has 1 aromatic heterocycles. The Bertz CT molecular complexity index is 976. The van der Waals surface area contributed by atoms with E-state index >= 15 is 0 Å². The Labute approximate surface area is 183 Å². The predicted octanol–water partition coefficient (Wildman–Crippen LogP) is 3.71. The molecule has 5 rings (SSSR count). The number of nitrogens with zero attached hydrogens (tertiary/aromatic N) is 6. The van der Waals surface area contributed by atoms with Crippen molar-refractivity contribution in [2.24, 2.45) is 0 Å². The van der Waals surface area contributed by atoms with Gasteiger partial charge in [-0.1, -0.05) is 55.3 Å². The molecule has 162 valence electrons. The monoisotopic (exact) mass is 418 g/mol. The molecule has 0 unspecified atom stereocenters. The summed E-state index contributed by atoms with van der Waals surface area (Å²) in [7, 11) is 1.74. The molecule has 1 aliphatic carbocycles. The van der Waals surface area contributed by atoms with Gasteiger partial charge in [0.15, 0.2) is 5.82 Å². The number of methoxy groups -OCH3 is 1. The molecule has 0 radical (unpaired) electrons. The van der Waals surface area contributed by atoms with Crippen LogP contribution in [0.4, 0.5) is 5.69 Å². The zero-order chi connectivity index (χ0) is 21.0. The van der Waals surface area contributed by atoms with Gasteiger partial charge in [-0.25, -0.2) is 4.68 Å². The van der Waals surface area contributed by atoms with Crippen LogP contribution in [0.2, 0.25) is 0 Å². The van der Waals surface area contributed by atoms with Crippen molar-refractivity contribution >= 4 is 5.69 Å². The predicted molar refractivity (Wildman–Crippen MR) is 120 cm³/mol. The number of ether oxygens (including phenoxy) is 1. The van der Waals surface area contributed by atoms with Crippen molar-refractivity contribution in [3.63, 3.8) is 0 Å². The first-order chi connectivity index (χ1) is 15.3. The summed E-state index contributed by atoms with van der Waals surface area (Å²) in [6.07, 6.45) is 4.86. The average molecular weight is 419 g/mol. The minimum atomic E-state index is 0.0663. The van der Waals surface area contributed by atoms with Crippen molar-refractivity contribution in [1.29, 1.82) is 0 Å². The summed E-state index contributed by atoms with van der Waals surface area (Å²) >= 11 is 0. The molecule has 1 saturated carbocycles. The smallest absolute Gasteiger partial charge is 0.173 e. The Balaban J connectivity index is 1.41. The molecule has 7 heteroatoms. The lowest BCUT2D eigenvalue weighted by Gasteiger charge is -2.40. The first-order valence-electron chi connectivity index (χ1n) is 11.3. The van der Waals surface area contributed by atoms with Gasteiger partial charge in [0.25, 0.3) is 0 Å². The third kappa shape index (κ3) is 4.02. The second-order valence-electron chi connectivity index (χ2n) is 8.43. The molecule has 0 N–H and O–H groups in total. The summed E-state index contributed by atoms with van der Waals surface area (Å²) < 4.78 is 7.70. The van der Waals surface area contributed by atoms with E-state index in [1.54, 1.807) is 7.11 Å². The largest absolute Gasteiger partial charge is 0.495 e. The highest BCUT2D eigenvalue weighted by molar-refractivity contribution is 5.58. The average Bonchev–Trinajstić information content (AvgIpc) is 3.53. The summed E-state index contributed by atoms with van der Waals surface area (Å²) in [5.41, 5.74) is 2.42. The zero-order valence-corrected chi connectivity index (χ0v) is 18.1. The van der Waals surface area contributed by atoms with Crippen molar-refractivity contribution in [2.75, 3.05) is 38.2 Å². The Morgan fingerprint density at radius 2 is 1.61 bits per heavy atom. The molecule has 2 fully saturated rings.